The standard InChI is InChI=1S/C35H25ClF3N2O2P.ClH/c36-30-22-21-26(35(37,38)39)23-31(30)40-34(43)32(41-33(42)25-13-5-1-6-14-25)24-44(27-15-7-2-8-16-27,28-17-9-3-10-18-28)29-19-11-4-12-20-29;/h1-24H,(H-,40,41,42,43);1H/b32-24-;. The average Bonchev–Trinajstić information content (AvgIpc) is 3.05. The van der Waals surface area contributed by atoms with Crippen LogP contribution in [0.5, 0.6) is 0 Å². The van der Waals surface area contributed by atoms with Crippen LogP contribution in [0.2, 0.25) is 5.02 Å². The van der Waals surface area contributed by atoms with Crippen molar-refractivity contribution in [1.82, 2.24) is 5.32 Å². The molecule has 0 bridgehead atoms. The molecule has 0 unspecified atom stereocenters. The van der Waals surface area contributed by atoms with Gasteiger partial charge >= 0.3 is 6.18 Å². The summed E-state index contributed by atoms with van der Waals surface area (Å²) in [6.45, 7) is 0. The number of carbonyl (C=O) groups is 2. The molecule has 0 aliphatic heterocycles. The van der Waals surface area contributed by atoms with Crippen molar-refractivity contribution < 1.29 is 35.2 Å². The molecule has 0 aromatic heterocycles. The summed E-state index contributed by atoms with van der Waals surface area (Å²) in [6, 6.07) is 39.8. The van der Waals surface area contributed by atoms with Crippen LogP contribution in [-0.2, 0) is 11.0 Å². The molecule has 0 saturated carbocycles. The number of anilines is 1. The zero-order chi connectivity index (χ0) is 31.2. The SMILES string of the molecule is O=C(Nc1cc(C(F)(F)F)ccc1Cl)/C(=C/[P+](c1ccccc1)(c1ccccc1)c1ccccc1)NC(=O)c1ccccc1.[Cl-]. The molecule has 4 nitrogen and oxygen atoms in total. The predicted octanol–water partition coefficient (Wildman–Crippen LogP) is 4.57. The molecular weight excluding hydrogens is 639 g/mol. The summed E-state index contributed by atoms with van der Waals surface area (Å²) in [5.74, 6) is 0.349. The molecule has 2 amide bonds. The topological polar surface area (TPSA) is 58.2 Å². The Hall–Kier alpha value is -4.42. The van der Waals surface area contributed by atoms with Crippen molar-refractivity contribution in [2.45, 2.75) is 6.18 Å². The Kier molecular flexibility index (Phi) is 10.8. The molecule has 0 radical (unpaired) electrons. The molecule has 5 aromatic rings. The fourth-order valence-corrected chi connectivity index (χ4v) is 8.78. The van der Waals surface area contributed by atoms with Gasteiger partial charge in [0, 0.05) is 5.56 Å². The Balaban J connectivity index is 0.00000461. The summed E-state index contributed by atoms with van der Waals surface area (Å²) in [6.07, 6.45) is -4.65. The lowest BCUT2D eigenvalue weighted by Gasteiger charge is -2.25. The normalized spacial score (nSPS) is 11.7. The molecule has 0 spiro atoms. The van der Waals surface area contributed by atoms with E-state index < -0.39 is 30.8 Å². The third kappa shape index (κ3) is 7.63. The molecular formula is C35H26Cl2F3N2O2P. The van der Waals surface area contributed by atoms with E-state index in [1.54, 1.807) is 36.1 Å². The van der Waals surface area contributed by atoms with E-state index in [1.165, 1.54) is 0 Å². The molecule has 0 atom stereocenters. The van der Waals surface area contributed by atoms with E-state index in [0.29, 0.717) is 5.56 Å². The molecule has 5 aromatic carbocycles. The number of amides is 2. The minimum atomic E-state index is -4.65. The number of halogens is 5. The number of alkyl halides is 3. The lowest BCUT2D eigenvalue weighted by atomic mass is 10.2. The lowest BCUT2D eigenvalue weighted by molar-refractivity contribution is -0.137. The number of hydrogen-bond donors (Lipinski definition) is 2. The first-order valence-corrected chi connectivity index (χ1v) is 15.7. The van der Waals surface area contributed by atoms with Gasteiger partial charge in [0.1, 0.15) is 34.7 Å². The van der Waals surface area contributed by atoms with Gasteiger partial charge in [-0.25, -0.2) is 0 Å². The number of nitrogens with one attached hydrogen (secondary N) is 2. The maximum atomic E-state index is 14.0. The van der Waals surface area contributed by atoms with Gasteiger partial charge in [0.2, 0.25) is 0 Å². The maximum absolute atomic E-state index is 14.0. The van der Waals surface area contributed by atoms with Crippen molar-refractivity contribution in [3.8, 4) is 0 Å². The van der Waals surface area contributed by atoms with Crippen LogP contribution in [0.1, 0.15) is 15.9 Å². The van der Waals surface area contributed by atoms with Gasteiger partial charge in [-0.05, 0) is 66.7 Å². The second-order valence-electron chi connectivity index (χ2n) is 9.74. The van der Waals surface area contributed by atoms with Crippen LogP contribution in [0, 0.1) is 0 Å². The number of carbonyl (C=O) groups excluding carboxylic acids is 2. The highest BCUT2D eigenvalue weighted by molar-refractivity contribution is 7.98. The molecule has 0 heterocycles. The second kappa shape index (κ2) is 14.6. The van der Waals surface area contributed by atoms with Crippen molar-refractivity contribution in [1.29, 1.82) is 0 Å². The van der Waals surface area contributed by atoms with Crippen molar-refractivity contribution >= 4 is 52.3 Å². The van der Waals surface area contributed by atoms with E-state index in [0.717, 1.165) is 34.1 Å². The minimum Gasteiger partial charge on any atom is -1.00 e. The van der Waals surface area contributed by atoms with Crippen molar-refractivity contribution in [3.63, 3.8) is 0 Å². The Labute approximate surface area is 270 Å². The van der Waals surface area contributed by atoms with Gasteiger partial charge in [0.25, 0.3) is 11.8 Å². The van der Waals surface area contributed by atoms with E-state index in [1.807, 2.05) is 91.0 Å². The van der Waals surface area contributed by atoms with Crippen LogP contribution in [0.4, 0.5) is 18.9 Å². The molecule has 45 heavy (non-hydrogen) atoms. The highest BCUT2D eigenvalue weighted by Gasteiger charge is 2.45. The van der Waals surface area contributed by atoms with Gasteiger partial charge in [-0.2, -0.15) is 13.2 Å². The minimum absolute atomic E-state index is 0. The van der Waals surface area contributed by atoms with Gasteiger partial charge < -0.3 is 23.0 Å². The van der Waals surface area contributed by atoms with Crippen LogP contribution in [0.3, 0.4) is 0 Å². The number of hydrogen-bond acceptors (Lipinski definition) is 2. The molecule has 0 aliphatic rings. The molecule has 0 saturated heterocycles. The van der Waals surface area contributed by atoms with E-state index in [-0.39, 0.29) is 28.8 Å². The molecule has 2 N–H and O–H groups in total. The quantitative estimate of drug-likeness (QED) is 0.189. The summed E-state index contributed by atoms with van der Waals surface area (Å²) >= 11 is 6.24. The fourth-order valence-electron chi connectivity index (χ4n) is 4.77. The van der Waals surface area contributed by atoms with Crippen LogP contribution in [-0.4, -0.2) is 11.8 Å². The van der Waals surface area contributed by atoms with Crippen LogP contribution < -0.4 is 39.0 Å². The summed E-state index contributed by atoms with van der Waals surface area (Å²) in [5, 5.41) is 7.88. The van der Waals surface area contributed by atoms with Gasteiger partial charge in [0.15, 0.2) is 0 Å². The average molecular weight is 665 g/mol. The third-order valence-electron chi connectivity index (χ3n) is 6.88. The zero-order valence-electron chi connectivity index (χ0n) is 23.5. The van der Waals surface area contributed by atoms with Gasteiger partial charge in [-0.1, -0.05) is 84.4 Å². The maximum Gasteiger partial charge on any atom is 0.416 e. The van der Waals surface area contributed by atoms with Gasteiger partial charge in [0.05, 0.1) is 16.3 Å². The highest BCUT2D eigenvalue weighted by atomic mass is 35.5. The molecule has 228 valence electrons. The third-order valence-corrected chi connectivity index (χ3v) is 11.2. The Bertz CT molecular complexity index is 1690. The highest BCUT2D eigenvalue weighted by Crippen LogP contribution is 2.57. The van der Waals surface area contributed by atoms with Gasteiger partial charge in [-0.15, -0.1) is 0 Å². The summed E-state index contributed by atoms with van der Waals surface area (Å²) < 4.78 is 40.6. The number of rotatable bonds is 8. The van der Waals surface area contributed by atoms with Crippen LogP contribution in [0.25, 0.3) is 0 Å². The van der Waals surface area contributed by atoms with Crippen molar-refractivity contribution in [2.24, 2.45) is 0 Å². The smallest absolute Gasteiger partial charge is 0.416 e. The molecule has 0 aliphatic carbocycles. The first-order valence-electron chi connectivity index (χ1n) is 13.5. The fraction of sp³-hybridized carbons (Fsp3) is 0.0286. The van der Waals surface area contributed by atoms with E-state index in [2.05, 4.69) is 10.6 Å². The molecule has 10 heteroatoms. The summed E-state index contributed by atoms with van der Waals surface area (Å²) in [4.78, 5) is 27.5. The Morgan fingerprint density at radius 2 is 1.11 bits per heavy atom. The van der Waals surface area contributed by atoms with E-state index >= 15 is 0 Å². The van der Waals surface area contributed by atoms with Crippen molar-refractivity contribution in [2.75, 3.05) is 5.32 Å². The number of benzene rings is 5. The Morgan fingerprint density at radius 1 is 0.667 bits per heavy atom. The second-order valence-corrected chi connectivity index (χ2v) is 13.4. The summed E-state index contributed by atoms with van der Waals surface area (Å²) in [5.41, 5.74) is -1.06. The Morgan fingerprint density at radius 3 is 1.56 bits per heavy atom. The van der Waals surface area contributed by atoms with Crippen molar-refractivity contribution in [3.05, 3.63) is 167 Å². The van der Waals surface area contributed by atoms with Crippen LogP contribution in [0.15, 0.2) is 151 Å². The van der Waals surface area contributed by atoms with Crippen LogP contribution >= 0.6 is 18.9 Å². The summed E-state index contributed by atoms with van der Waals surface area (Å²) in [7, 11) is -2.81. The lowest BCUT2D eigenvalue weighted by Crippen LogP contribution is -3.00. The van der Waals surface area contributed by atoms with E-state index in [4.69, 9.17) is 11.6 Å². The first kappa shape index (κ1) is 33.5. The monoisotopic (exact) mass is 664 g/mol. The molecule has 5 rings (SSSR count). The van der Waals surface area contributed by atoms with Gasteiger partial charge in [-0.3, -0.25) is 9.59 Å². The largest absolute Gasteiger partial charge is 1.00 e. The van der Waals surface area contributed by atoms with E-state index in [9.17, 15) is 22.8 Å². The predicted molar refractivity (Wildman–Crippen MR) is 172 cm³/mol. The first-order chi connectivity index (χ1) is 21.2. The zero-order valence-corrected chi connectivity index (χ0v) is 25.9. The molecule has 0 fully saturated rings.